The summed E-state index contributed by atoms with van der Waals surface area (Å²) in [4.78, 5) is 18.8. The predicted octanol–water partition coefficient (Wildman–Crippen LogP) is 7.98. The number of rotatable bonds is 25. The minimum Gasteiger partial charge on any atom is -0.299 e. The molecule has 7 nitrogen and oxygen atoms in total. The van der Waals surface area contributed by atoms with Crippen LogP contribution in [0.4, 0.5) is 0 Å². The third-order valence-electron chi connectivity index (χ3n) is 4.98. The number of hydrogen-bond donors (Lipinski definition) is 1. The highest BCUT2D eigenvalue weighted by Gasteiger charge is 2.25. The van der Waals surface area contributed by atoms with E-state index in [1.807, 2.05) is 0 Å². The normalized spacial score (nSPS) is 13.6. The van der Waals surface area contributed by atoms with Gasteiger partial charge in [-0.15, -0.1) is 4.67 Å². The monoisotopic (exact) mass is 454 g/mol. The highest BCUT2D eigenvalue weighted by Crippen LogP contribution is 2.43. The molecule has 1 atom stereocenters. The van der Waals surface area contributed by atoms with Crippen molar-refractivity contribution in [3.8, 4) is 0 Å². The van der Waals surface area contributed by atoms with Gasteiger partial charge in [0.1, 0.15) is 0 Å². The molecule has 0 heterocycles. The molecule has 1 unspecified atom stereocenters. The topological polar surface area (TPSA) is 83.5 Å². The molecule has 0 bridgehead atoms. The van der Waals surface area contributed by atoms with E-state index in [2.05, 4.69) is 33.1 Å². The van der Waals surface area contributed by atoms with Gasteiger partial charge in [-0.2, -0.15) is 0 Å². The summed E-state index contributed by atoms with van der Waals surface area (Å²) in [5.41, 5.74) is 0. The van der Waals surface area contributed by atoms with E-state index in [9.17, 15) is 9.46 Å². The molecular formula is C22H47O7P. The fourth-order valence-corrected chi connectivity index (χ4v) is 3.51. The smallest absolute Gasteiger partial charge is 0.299 e. The maximum Gasteiger partial charge on any atom is 0.529 e. The van der Waals surface area contributed by atoms with Crippen molar-refractivity contribution in [3.05, 3.63) is 0 Å². The van der Waals surface area contributed by atoms with Gasteiger partial charge >= 0.3 is 7.82 Å². The first kappa shape index (κ1) is 30.0. The third kappa shape index (κ3) is 24.3. The first-order valence-electron chi connectivity index (χ1n) is 12.2. The fourth-order valence-electron chi connectivity index (χ4n) is 3.15. The average Bonchev–Trinajstić information content (AvgIpc) is 2.72. The highest BCUT2D eigenvalue weighted by molar-refractivity contribution is 7.47. The lowest BCUT2D eigenvalue weighted by Gasteiger charge is -2.09. The van der Waals surface area contributed by atoms with Crippen LogP contribution in [0.1, 0.15) is 129 Å². The van der Waals surface area contributed by atoms with E-state index in [1.165, 1.54) is 70.6 Å². The Morgan fingerprint density at radius 1 is 0.533 bits per heavy atom. The lowest BCUT2D eigenvalue weighted by molar-refractivity contribution is -0.477. The van der Waals surface area contributed by atoms with Crippen molar-refractivity contribution in [2.45, 2.75) is 129 Å². The van der Waals surface area contributed by atoms with Crippen molar-refractivity contribution in [2.75, 3.05) is 13.2 Å². The highest BCUT2D eigenvalue weighted by atomic mass is 31.2. The SMILES string of the molecule is CCCCCCCCCCCCCCCCOOP(=O)(O)OOOCCCCCC. The van der Waals surface area contributed by atoms with Crippen LogP contribution in [0.25, 0.3) is 0 Å². The molecule has 0 aliphatic heterocycles. The molecule has 0 aromatic rings. The minimum absolute atomic E-state index is 0.240. The number of phosphoric acid groups is 1. The van der Waals surface area contributed by atoms with Gasteiger partial charge in [0, 0.05) is 0 Å². The maximum absolute atomic E-state index is 11.5. The van der Waals surface area contributed by atoms with Crippen LogP contribution in [-0.4, -0.2) is 18.1 Å². The molecule has 0 aromatic heterocycles. The standard InChI is InChI=1S/C22H47O7P/c1-3-5-7-9-10-11-12-13-14-15-16-17-18-20-22-26-28-30(23,24)29-27-25-21-19-8-6-4-2/h3-22H2,1-2H3,(H,23,24). The van der Waals surface area contributed by atoms with Gasteiger partial charge in [-0.05, 0) is 12.8 Å². The molecule has 0 aliphatic rings. The number of hydrogen-bond acceptors (Lipinski definition) is 6. The number of unbranched alkanes of at least 4 members (excludes halogenated alkanes) is 16. The fraction of sp³-hybridized carbons (Fsp3) is 1.00. The average molecular weight is 455 g/mol. The van der Waals surface area contributed by atoms with E-state index < -0.39 is 7.82 Å². The molecule has 0 radical (unpaired) electrons. The third-order valence-corrected chi connectivity index (χ3v) is 5.53. The maximum atomic E-state index is 11.5. The zero-order valence-corrected chi connectivity index (χ0v) is 20.4. The van der Waals surface area contributed by atoms with E-state index in [0.29, 0.717) is 6.61 Å². The van der Waals surface area contributed by atoms with Crippen molar-refractivity contribution < 1.29 is 33.6 Å². The molecule has 0 spiro atoms. The van der Waals surface area contributed by atoms with Gasteiger partial charge in [-0.25, -0.2) is 14.3 Å². The Kier molecular flexibility index (Phi) is 23.6. The Labute approximate surface area is 184 Å². The summed E-state index contributed by atoms with van der Waals surface area (Å²) in [5.74, 6) is 0. The van der Waals surface area contributed by atoms with Gasteiger partial charge in [-0.1, -0.05) is 126 Å². The van der Waals surface area contributed by atoms with Gasteiger partial charge in [0.15, 0.2) is 0 Å². The lowest BCUT2D eigenvalue weighted by atomic mass is 10.0. The Balaban J connectivity index is 3.26. The molecule has 0 fully saturated rings. The molecule has 0 aromatic carbocycles. The molecule has 0 amide bonds. The molecule has 30 heavy (non-hydrogen) atoms. The van der Waals surface area contributed by atoms with Gasteiger partial charge in [0.2, 0.25) is 0 Å². The second-order valence-corrected chi connectivity index (χ2v) is 9.22. The van der Waals surface area contributed by atoms with Gasteiger partial charge in [0.05, 0.1) is 13.2 Å². The van der Waals surface area contributed by atoms with E-state index >= 15 is 0 Å². The lowest BCUT2D eigenvalue weighted by Crippen LogP contribution is -2.01. The van der Waals surface area contributed by atoms with E-state index in [4.69, 9.17) is 4.89 Å². The largest absolute Gasteiger partial charge is 0.529 e. The van der Waals surface area contributed by atoms with Crippen molar-refractivity contribution >= 4 is 7.82 Å². The molecule has 182 valence electrons. The van der Waals surface area contributed by atoms with Crippen molar-refractivity contribution in [1.82, 2.24) is 0 Å². The van der Waals surface area contributed by atoms with E-state index in [0.717, 1.165) is 44.9 Å². The van der Waals surface area contributed by atoms with Crippen molar-refractivity contribution in [3.63, 3.8) is 0 Å². The predicted molar refractivity (Wildman–Crippen MR) is 119 cm³/mol. The molecular weight excluding hydrogens is 407 g/mol. The zero-order chi connectivity index (χ0) is 22.2. The Morgan fingerprint density at radius 2 is 0.900 bits per heavy atom. The second kappa shape index (κ2) is 23.6. The minimum atomic E-state index is -4.41. The van der Waals surface area contributed by atoms with Crippen LogP contribution in [0, 0.1) is 0 Å². The molecule has 0 aliphatic carbocycles. The van der Waals surface area contributed by atoms with Gasteiger partial charge in [-0.3, -0.25) is 4.89 Å². The van der Waals surface area contributed by atoms with Gasteiger partial charge < -0.3 is 0 Å². The summed E-state index contributed by atoms with van der Waals surface area (Å²) in [6, 6.07) is 0. The zero-order valence-electron chi connectivity index (χ0n) is 19.5. The van der Waals surface area contributed by atoms with E-state index in [-0.39, 0.29) is 6.61 Å². The second-order valence-electron chi connectivity index (χ2n) is 7.99. The first-order chi connectivity index (χ1) is 14.6. The van der Waals surface area contributed by atoms with Crippen LogP contribution < -0.4 is 0 Å². The van der Waals surface area contributed by atoms with Crippen LogP contribution in [0.2, 0.25) is 0 Å². The molecule has 8 heteroatoms. The molecule has 0 saturated carbocycles. The summed E-state index contributed by atoms with van der Waals surface area (Å²) < 4.78 is 20.1. The van der Waals surface area contributed by atoms with E-state index in [1.54, 1.807) is 0 Å². The molecule has 0 rings (SSSR count). The van der Waals surface area contributed by atoms with Gasteiger partial charge in [0.25, 0.3) is 0 Å². The van der Waals surface area contributed by atoms with Crippen molar-refractivity contribution in [1.29, 1.82) is 0 Å². The van der Waals surface area contributed by atoms with Crippen LogP contribution in [0.3, 0.4) is 0 Å². The van der Waals surface area contributed by atoms with Crippen molar-refractivity contribution in [2.24, 2.45) is 0 Å². The Bertz CT molecular complexity index is 382. The van der Waals surface area contributed by atoms with Crippen LogP contribution >= 0.6 is 7.82 Å². The quantitative estimate of drug-likeness (QED) is 0.0648. The molecule has 1 N–H and O–H groups in total. The summed E-state index contributed by atoms with van der Waals surface area (Å²) in [5, 5.41) is 4.24. The molecule has 0 saturated heterocycles. The Morgan fingerprint density at radius 3 is 1.37 bits per heavy atom. The summed E-state index contributed by atoms with van der Waals surface area (Å²) in [6.07, 6.45) is 21.8. The summed E-state index contributed by atoms with van der Waals surface area (Å²) in [7, 11) is -4.41. The summed E-state index contributed by atoms with van der Waals surface area (Å²) in [6.45, 7) is 4.90. The van der Waals surface area contributed by atoms with Crippen LogP contribution in [-0.2, 0) is 28.7 Å². The van der Waals surface area contributed by atoms with Crippen LogP contribution in [0.5, 0.6) is 0 Å². The van der Waals surface area contributed by atoms with Crippen LogP contribution in [0.15, 0.2) is 0 Å². The first-order valence-corrected chi connectivity index (χ1v) is 13.7. The Hall–Kier alpha value is -0.0100. The summed E-state index contributed by atoms with van der Waals surface area (Å²) >= 11 is 0.